The summed E-state index contributed by atoms with van der Waals surface area (Å²) < 4.78 is 5.29. The minimum Gasteiger partial charge on any atom is -0.377 e. The summed E-state index contributed by atoms with van der Waals surface area (Å²) in [6.45, 7) is 5.05. The van der Waals surface area contributed by atoms with Crippen LogP contribution < -0.4 is 5.43 Å². The second-order valence-electron chi connectivity index (χ2n) is 3.25. The largest absolute Gasteiger partial charge is 0.377 e. The number of likely N-dealkylation sites (N-methyl/N-ethyl adjacent to an activating group) is 1. The number of carbonyl (C=O) groups is 2. The summed E-state index contributed by atoms with van der Waals surface area (Å²) >= 11 is 0. The first kappa shape index (κ1) is 13.1. The predicted octanol–water partition coefficient (Wildman–Crippen LogP) is -0.0366. The van der Waals surface area contributed by atoms with E-state index in [1.54, 1.807) is 12.1 Å². The smallest absolute Gasteiger partial charge is 0.241 e. The van der Waals surface area contributed by atoms with E-state index < -0.39 is 0 Å². The molecule has 0 aromatic carbocycles. The molecule has 0 unspecified atom stereocenters. The summed E-state index contributed by atoms with van der Waals surface area (Å²) in [6.07, 6.45) is 0.664. The van der Waals surface area contributed by atoms with Crippen LogP contribution >= 0.6 is 0 Å². The SMILES string of the molecule is CC(C)OCCN(C)NC(=O)CC=O. The van der Waals surface area contributed by atoms with Gasteiger partial charge in [0, 0.05) is 13.6 Å². The van der Waals surface area contributed by atoms with Crippen LogP contribution in [-0.4, -0.2) is 43.5 Å². The number of carbonyl (C=O) groups excluding carboxylic acids is 2. The van der Waals surface area contributed by atoms with Crippen LogP contribution in [0.15, 0.2) is 0 Å². The second-order valence-corrected chi connectivity index (χ2v) is 3.25. The standard InChI is InChI=1S/C9H18N2O3/c1-8(2)14-7-5-11(3)10-9(13)4-6-12/h6,8H,4-5,7H2,1-3H3,(H,10,13). The summed E-state index contributed by atoms with van der Waals surface area (Å²) in [5.74, 6) is -0.299. The molecule has 0 rings (SSSR count). The molecule has 0 aliphatic heterocycles. The van der Waals surface area contributed by atoms with Gasteiger partial charge in [-0.25, -0.2) is 5.01 Å². The molecule has 5 nitrogen and oxygen atoms in total. The molecule has 0 aromatic rings. The van der Waals surface area contributed by atoms with Crippen molar-refractivity contribution in [1.29, 1.82) is 0 Å². The first-order chi connectivity index (χ1) is 6.56. The zero-order valence-electron chi connectivity index (χ0n) is 8.95. The van der Waals surface area contributed by atoms with Crippen LogP contribution in [0.4, 0.5) is 0 Å². The van der Waals surface area contributed by atoms with Crippen molar-refractivity contribution in [3.05, 3.63) is 0 Å². The van der Waals surface area contributed by atoms with E-state index in [2.05, 4.69) is 5.43 Å². The van der Waals surface area contributed by atoms with Gasteiger partial charge in [0.2, 0.25) is 5.91 Å². The number of hydrogen-bond donors (Lipinski definition) is 1. The van der Waals surface area contributed by atoms with Gasteiger partial charge in [-0.05, 0) is 13.8 Å². The van der Waals surface area contributed by atoms with E-state index in [4.69, 9.17) is 4.74 Å². The quantitative estimate of drug-likeness (QED) is 0.357. The summed E-state index contributed by atoms with van der Waals surface area (Å²) in [4.78, 5) is 20.9. The second kappa shape index (κ2) is 7.46. The molecule has 1 amide bonds. The maximum absolute atomic E-state index is 10.9. The number of amides is 1. The van der Waals surface area contributed by atoms with Gasteiger partial charge in [0.25, 0.3) is 0 Å². The van der Waals surface area contributed by atoms with Gasteiger partial charge in [0.05, 0.1) is 19.1 Å². The number of ether oxygens (including phenoxy) is 1. The minimum absolute atomic E-state index is 0.102. The fourth-order valence-electron chi connectivity index (χ4n) is 0.815. The molecule has 0 aromatic heterocycles. The third-order valence-electron chi connectivity index (χ3n) is 1.46. The highest BCUT2D eigenvalue weighted by atomic mass is 16.5. The summed E-state index contributed by atoms with van der Waals surface area (Å²) in [5, 5.41) is 1.61. The number of nitrogens with one attached hydrogen (secondary N) is 1. The van der Waals surface area contributed by atoms with Crippen molar-refractivity contribution in [2.45, 2.75) is 26.4 Å². The molecule has 5 heteroatoms. The van der Waals surface area contributed by atoms with E-state index in [9.17, 15) is 9.59 Å². The van der Waals surface area contributed by atoms with Crippen LogP contribution in [-0.2, 0) is 14.3 Å². The lowest BCUT2D eigenvalue weighted by Gasteiger charge is -2.18. The topological polar surface area (TPSA) is 58.6 Å². The number of rotatable bonds is 7. The number of hydrogen-bond acceptors (Lipinski definition) is 4. The molecule has 0 saturated heterocycles. The van der Waals surface area contributed by atoms with E-state index >= 15 is 0 Å². The van der Waals surface area contributed by atoms with Gasteiger partial charge in [-0.2, -0.15) is 0 Å². The van der Waals surface area contributed by atoms with Crippen molar-refractivity contribution in [2.24, 2.45) is 0 Å². The lowest BCUT2D eigenvalue weighted by atomic mass is 10.4. The van der Waals surface area contributed by atoms with Gasteiger partial charge in [0.1, 0.15) is 6.29 Å². The van der Waals surface area contributed by atoms with Crippen LogP contribution in [0.3, 0.4) is 0 Å². The number of hydrazine groups is 1. The fourth-order valence-corrected chi connectivity index (χ4v) is 0.815. The average molecular weight is 202 g/mol. The number of nitrogens with zero attached hydrogens (tertiary/aromatic N) is 1. The third kappa shape index (κ3) is 7.70. The monoisotopic (exact) mass is 202 g/mol. The zero-order chi connectivity index (χ0) is 11.0. The first-order valence-electron chi connectivity index (χ1n) is 4.62. The van der Waals surface area contributed by atoms with E-state index in [0.29, 0.717) is 19.4 Å². The summed E-state index contributed by atoms with van der Waals surface area (Å²) in [7, 11) is 1.73. The van der Waals surface area contributed by atoms with Crippen LogP contribution in [0.25, 0.3) is 0 Å². The maximum Gasteiger partial charge on any atom is 0.241 e. The lowest BCUT2D eigenvalue weighted by molar-refractivity contribution is -0.127. The Balaban J connectivity index is 3.49. The fraction of sp³-hybridized carbons (Fsp3) is 0.778. The molecule has 0 aliphatic carbocycles. The van der Waals surface area contributed by atoms with Crippen LogP contribution in [0.5, 0.6) is 0 Å². The first-order valence-corrected chi connectivity index (χ1v) is 4.62. The van der Waals surface area contributed by atoms with Crippen molar-refractivity contribution < 1.29 is 14.3 Å². The molecular formula is C9H18N2O3. The Labute approximate surface area is 84.4 Å². The van der Waals surface area contributed by atoms with Gasteiger partial charge < -0.3 is 9.53 Å². The van der Waals surface area contributed by atoms with E-state index in [0.717, 1.165) is 0 Å². The Morgan fingerprint density at radius 1 is 1.57 bits per heavy atom. The molecule has 1 N–H and O–H groups in total. The highest BCUT2D eigenvalue weighted by Crippen LogP contribution is 1.87. The summed E-state index contributed by atoms with van der Waals surface area (Å²) in [5.41, 5.74) is 2.54. The van der Waals surface area contributed by atoms with E-state index in [-0.39, 0.29) is 18.4 Å². The van der Waals surface area contributed by atoms with Crippen molar-refractivity contribution in [1.82, 2.24) is 10.4 Å². The molecular weight excluding hydrogens is 184 g/mol. The van der Waals surface area contributed by atoms with Gasteiger partial charge in [0.15, 0.2) is 0 Å². The molecule has 0 spiro atoms. The molecule has 0 aliphatic rings. The van der Waals surface area contributed by atoms with Gasteiger partial charge in [-0.1, -0.05) is 0 Å². The van der Waals surface area contributed by atoms with Crippen LogP contribution in [0.1, 0.15) is 20.3 Å². The average Bonchev–Trinajstić information content (AvgIpc) is 2.03. The third-order valence-corrected chi connectivity index (χ3v) is 1.46. The predicted molar refractivity (Wildman–Crippen MR) is 52.5 cm³/mol. The van der Waals surface area contributed by atoms with Crippen molar-refractivity contribution in [3.8, 4) is 0 Å². The zero-order valence-corrected chi connectivity index (χ0v) is 8.95. The molecule has 0 fully saturated rings. The normalized spacial score (nSPS) is 10.6. The Morgan fingerprint density at radius 3 is 2.71 bits per heavy atom. The molecule has 0 radical (unpaired) electrons. The van der Waals surface area contributed by atoms with Crippen molar-refractivity contribution in [2.75, 3.05) is 20.2 Å². The van der Waals surface area contributed by atoms with Gasteiger partial charge in [-0.3, -0.25) is 10.2 Å². The van der Waals surface area contributed by atoms with Gasteiger partial charge in [-0.15, -0.1) is 0 Å². The van der Waals surface area contributed by atoms with Crippen molar-refractivity contribution >= 4 is 12.2 Å². The molecule has 82 valence electrons. The van der Waals surface area contributed by atoms with E-state index in [1.165, 1.54) is 0 Å². The Bertz CT molecular complexity index is 183. The lowest BCUT2D eigenvalue weighted by Crippen LogP contribution is -2.41. The highest BCUT2D eigenvalue weighted by Gasteiger charge is 2.03. The molecule has 0 atom stereocenters. The van der Waals surface area contributed by atoms with Crippen LogP contribution in [0.2, 0.25) is 0 Å². The summed E-state index contributed by atoms with van der Waals surface area (Å²) in [6, 6.07) is 0. The highest BCUT2D eigenvalue weighted by molar-refractivity contribution is 5.87. The maximum atomic E-state index is 10.9. The van der Waals surface area contributed by atoms with Crippen molar-refractivity contribution in [3.63, 3.8) is 0 Å². The molecule has 0 heterocycles. The van der Waals surface area contributed by atoms with Crippen LogP contribution in [0, 0.1) is 0 Å². The Morgan fingerprint density at radius 2 is 2.21 bits per heavy atom. The Kier molecular flexibility index (Phi) is 6.96. The van der Waals surface area contributed by atoms with Gasteiger partial charge >= 0.3 is 0 Å². The minimum atomic E-state index is -0.299. The van der Waals surface area contributed by atoms with E-state index in [1.807, 2.05) is 13.8 Å². The molecule has 14 heavy (non-hydrogen) atoms. The number of aldehydes is 1. The molecule has 0 bridgehead atoms. The molecule has 0 saturated carbocycles. The Hall–Kier alpha value is -0.940.